The average Bonchev–Trinajstić information content (AvgIpc) is 2.81. The summed E-state index contributed by atoms with van der Waals surface area (Å²) >= 11 is 13.6. The molecule has 7 heteroatoms. The summed E-state index contributed by atoms with van der Waals surface area (Å²) in [7, 11) is 1.76. The zero-order valence-electron chi connectivity index (χ0n) is 9.00. The van der Waals surface area contributed by atoms with Gasteiger partial charge in [-0.25, -0.2) is 9.97 Å². The Balaban J connectivity index is 2.15. The molecule has 0 spiro atoms. The average molecular weight is 289 g/mol. The first kappa shape index (κ1) is 12.4. The number of hydrogen-bond acceptors (Lipinski definition) is 5. The number of halogens is 2. The van der Waals surface area contributed by atoms with Crippen molar-refractivity contribution in [3.8, 4) is 0 Å². The van der Waals surface area contributed by atoms with E-state index < -0.39 is 0 Å². The molecule has 0 amide bonds. The fourth-order valence-corrected chi connectivity index (χ4v) is 2.34. The maximum absolute atomic E-state index is 6.04. The lowest BCUT2D eigenvalue weighted by atomic mass is 10.4. The Hall–Kier alpha value is -1.04. The molecular formula is C10H10Cl2N4S. The van der Waals surface area contributed by atoms with E-state index in [0.29, 0.717) is 28.2 Å². The molecule has 2 aromatic heterocycles. The Labute approximate surface area is 113 Å². The van der Waals surface area contributed by atoms with Gasteiger partial charge < -0.3 is 10.6 Å². The van der Waals surface area contributed by atoms with Crippen LogP contribution in [0.1, 0.15) is 5.01 Å². The second-order valence-corrected chi connectivity index (χ2v) is 4.97. The Bertz CT molecular complexity index is 501. The highest BCUT2D eigenvalue weighted by atomic mass is 35.5. The normalized spacial score (nSPS) is 10.3. The molecular weight excluding hydrogens is 279 g/mol. The lowest BCUT2D eigenvalue weighted by molar-refractivity contribution is 1.08. The molecule has 2 rings (SSSR count). The van der Waals surface area contributed by atoms with Crippen molar-refractivity contribution in [2.24, 2.45) is 0 Å². The lowest BCUT2D eigenvalue weighted by Crippen LogP contribution is -2.04. The van der Waals surface area contributed by atoms with Crippen LogP contribution in [0.2, 0.25) is 10.0 Å². The van der Waals surface area contributed by atoms with Crippen molar-refractivity contribution in [3.63, 3.8) is 0 Å². The van der Waals surface area contributed by atoms with Crippen LogP contribution in [0.3, 0.4) is 0 Å². The highest BCUT2D eigenvalue weighted by Gasteiger charge is 2.08. The number of rotatable bonds is 4. The maximum atomic E-state index is 6.04. The van der Waals surface area contributed by atoms with Crippen molar-refractivity contribution < 1.29 is 0 Å². The van der Waals surface area contributed by atoms with E-state index >= 15 is 0 Å². The highest BCUT2D eigenvalue weighted by Crippen LogP contribution is 2.29. The smallest absolute Gasteiger partial charge is 0.147 e. The Morgan fingerprint density at radius 2 is 2.06 bits per heavy atom. The summed E-state index contributed by atoms with van der Waals surface area (Å²) in [5, 5.41) is 9.91. The van der Waals surface area contributed by atoms with E-state index in [-0.39, 0.29) is 0 Å². The third kappa shape index (κ3) is 3.00. The first-order chi connectivity index (χ1) is 8.20. The Morgan fingerprint density at radius 3 is 2.71 bits per heavy atom. The molecule has 90 valence electrons. The third-order valence-electron chi connectivity index (χ3n) is 2.06. The first-order valence-electron chi connectivity index (χ1n) is 4.86. The second kappa shape index (κ2) is 5.53. The van der Waals surface area contributed by atoms with Crippen LogP contribution in [0.5, 0.6) is 0 Å². The van der Waals surface area contributed by atoms with Gasteiger partial charge in [-0.15, -0.1) is 11.3 Å². The highest BCUT2D eigenvalue weighted by molar-refractivity contribution is 7.09. The number of thiazole rings is 1. The SMILES string of the molecule is CNc1nc(NCc2nccs2)c(Cl)cc1Cl. The summed E-state index contributed by atoms with van der Waals surface area (Å²) in [5.41, 5.74) is 0. The topological polar surface area (TPSA) is 49.8 Å². The molecule has 17 heavy (non-hydrogen) atoms. The Morgan fingerprint density at radius 1 is 1.29 bits per heavy atom. The molecule has 2 heterocycles. The molecule has 0 bridgehead atoms. The van der Waals surface area contributed by atoms with Gasteiger partial charge in [-0.05, 0) is 6.07 Å². The molecule has 0 aliphatic heterocycles. The predicted octanol–water partition coefficient (Wildman–Crippen LogP) is 3.50. The number of nitrogens with zero attached hydrogens (tertiary/aromatic N) is 2. The van der Waals surface area contributed by atoms with Crippen molar-refractivity contribution in [2.45, 2.75) is 6.54 Å². The fourth-order valence-electron chi connectivity index (χ4n) is 1.27. The van der Waals surface area contributed by atoms with Crippen LogP contribution in [0.15, 0.2) is 17.6 Å². The van der Waals surface area contributed by atoms with Gasteiger partial charge in [0, 0.05) is 18.6 Å². The monoisotopic (exact) mass is 288 g/mol. The van der Waals surface area contributed by atoms with Gasteiger partial charge in [0.2, 0.25) is 0 Å². The van der Waals surface area contributed by atoms with Crippen molar-refractivity contribution >= 4 is 46.2 Å². The minimum absolute atomic E-state index is 0.491. The summed E-state index contributed by atoms with van der Waals surface area (Å²) in [6.45, 7) is 0.592. The van der Waals surface area contributed by atoms with Crippen LogP contribution < -0.4 is 10.6 Å². The molecule has 2 aromatic rings. The van der Waals surface area contributed by atoms with E-state index in [1.54, 1.807) is 30.6 Å². The van der Waals surface area contributed by atoms with E-state index in [4.69, 9.17) is 23.2 Å². The van der Waals surface area contributed by atoms with Gasteiger partial charge in [0.15, 0.2) is 0 Å². The molecule has 0 fully saturated rings. The minimum Gasteiger partial charge on any atom is -0.372 e. The quantitative estimate of drug-likeness (QED) is 0.904. The number of pyridine rings is 1. The summed E-state index contributed by atoms with van der Waals surface area (Å²) in [5.74, 6) is 1.19. The van der Waals surface area contributed by atoms with Crippen molar-refractivity contribution in [3.05, 3.63) is 32.7 Å². The first-order valence-corrected chi connectivity index (χ1v) is 6.50. The molecule has 0 radical (unpaired) electrons. The number of nitrogens with one attached hydrogen (secondary N) is 2. The van der Waals surface area contributed by atoms with Crippen LogP contribution in [-0.4, -0.2) is 17.0 Å². The maximum Gasteiger partial charge on any atom is 0.147 e. The van der Waals surface area contributed by atoms with Gasteiger partial charge in [-0.1, -0.05) is 23.2 Å². The largest absolute Gasteiger partial charge is 0.372 e. The van der Waals surface area contributed by atoms with Gasteiger partial charge in [0.05, 0.1) is 16.6 Å². The number of aromatic nitrogens is 2. The van der Waals surface area contributed by atoms with Crippen molar-refractivity contribution in [2.75, 3.05) is 17.7 Å². The van der Waals surface area contributed by atoms with Crippen LogP contribution in [0.25, 0.3) is 0 Å². The van der Waals surface area contributed by atoms with Gasteiger partial charge in [-0.2, -0.15) is 0 Å². The van der Waals surface area contributed by atoms with Gasteiger partial charge >= 0.3 is 0 Å². The van der Waals surface area contributed by atoms with Gasteiger partial charge in [-0.3, -0.25) is 0 Å². The summed E-state index contributed by atoms with van der Waals surface area (Å²) < 4.78 is 0. The minimum atomic E-state index is 0.491. The molecule has 0 aliphatic rings. The standard InChI is InChI=1S/C10H10Cl2N4S/c1-13-9-6(11)4-7(12)10(16-9)15-5-8-14-2-3-17-8/h2-4H,5H2,1H3,(H2,13,15,16). The molecule has 4 nitrogen and oxygen atoms in total. The molecule has 0 aliphatic carbocycles. The molecule has 0 saturated heterocycles. The van der Waals surface area contributed by atoms with E-state index in [2.05, 4.69) is 20.6 Å². The van der Waals surface area contributed by atoms with Gasteiger partial charge in [0.25, 0.3) is 0 Å². The number of anilines is 2. The molecule has 0 saturated carbocycles. The van der Waals surface area contributed by atoms with Crippen molar-refractivity contribution in [1.29, 1.82) is 0 Å². The second-order valence-electron chi connectivity index (χ2n) is 3.18. The molecule has 0 unspecified atom stereocenters. The van der Waals surface area contributed by atoms with Crippen LogP contribution in [0, 0.1) is 0 Å². The zero-order valence-corrected chi connectivity index (χ0v) is 11.3. The summed E-state index contributed by atoms with van der Waals surface area (Å²) in [6.07, 6.45) is 1.76. The van der Waals surface area contributed by atoms with E-state index in [1.807, 2.05) is 5.38 Å². The van der Waals surface area contributed by atoms with E-state index in [1.165, 1.54) is 0 Å². The predicted molar refractivity (Wildman–Crippen MR) is 73.2 cm³/mol. The van der Waals surface area contributed by atoms with E-state index in [0.717, 1.165) is 5.01 Å². The van der Waals surface area contributed by atoms with E-state index in [9.17, 15) is 0 Å². The van der Waals surface area contributed by atoms with Crippen LogP contribution >= 0.6 is 34.5 Å². The van der Waals surface area contributed by atoms with Crippen LogP contribution in [-0.2, 0) is 6.54 Å². The molecule has 2 N–H and O–H groups in total. The zero-order chi connectivity index (χ0) is 12.3. The fraction of sp³-hybridized carbons (Fsp3) is 0.200. The molecule has 0 aromatic carbocycles. The van der Waals surface area contributed by atoms with Crippen molar-refractivity contribution in [1.82, 2.24) is 9.97 Å². The number of hydrogen-bond donors (Lipinski definition) is 2. The third-order valence-corrected chi connectivity index (χ3v) is 3.41. The summed E-state index contributed by atoms with van der Waals surface area (Å²) in [6, 6.07) is 1.66. The molecule has 0 atom stereocenters. The lowest BCUT2D eigenvalue weighted by Gasteiger charge is -2.09. The van der Waals surface area contributed by atoms with Gasteiger partial charge in [0.1, 0.15) is 16.6 Å². The Kier molecular flexibility index (Phi) is 4.04. The summed E-state index contributed by atoms with van der Waals surface area (Å²) in [4.78, 5) is 8.45. The van der Waals surface area contributed by atoms with Crippen LogP contribution in [0.4, 0.5) is 11.6 Å².